The van der Waals surface area contributed by atoms with Gasteiger partial charge in [0.15, 0.2) is 0 Å². The molecule has 3 aromatic carbocycles. The van der Waals surface area contributed by atoms with Gasteiger partial charge >= 0.3 is 0 Å². The van der Waals surface area contributed by atoms with Crippen LogP contribution < -0.4 is 5.32 Å². The molecule has 4 rings (SSSR count). The van der Waals surface area contributed by atoms with E-state index in [1.54, 1.807) is 0 Å². The molecule has 0 unspecified atom stereocenters. The Morgan fingerprint density at radius 3 is 1.72 bits per heavy atom. The van der Waals surface area contributed by atoms with Gasteiger partial charge in [0.05, 0.1) is 33.0 Å². The number of hydrogen-bond acceptors (Lipinski definition) is 7. The van der Waals surface area contributed by atoms with Gasteiger partial charge in [-0.1, -0.05) is 91.0 Å². The van der Waals surface area contributed by atoms with Gasteiger partial charge in [-0.05, 0) is 16.7 Å². The second-order valence-corrected chi connectivity index (χ2v) is 8.79. The molecule has 7 nitrogen and oxygen atoms in total. The molecule has 3 aromatic rings. The summed E-state index contributed by atoms with van der Waals surface area (Å²) in [5, 5.41) is 23.6. The van der Waals surface area contributed by atoms with E-state index in [1.807, 2.05) is 91.0 Å². The Bertz CT molecular complexity index is 990. The van der Waals surface area contributed by atoms with Crippen LogP contribution in [0.15, 0.2) is 91.0 Å². The van der Waals surface area contributed by atoms with E-state index >= 15 is 0 Å². The molecule has 36 heavy (non-hydrogen) atoms. The van der Waals surface area contributed by atoms with Crippen molar-refractivity contribution < 1.29 is 29.2 Å². The molecule has 5 atom stereocenters. The van der Waals surface area contributed by atoms with Crippen molar-refractivity contribution in [3.63, 3.8) is 0 Å². The third-order valence-electron chi connectivity index (χ3n) is 6.08. The van der Waals surface area contributed by atoms with Crippen LogP contribution in [0.4, 0.5) is 0 Å². The first-order valence-corrected chi connectivity index (χ1v) is 12.3. The highest BCUT2D eigenvalue weighted by Gasteiger charge is 2.46. The zero-order valence-electron chi connectivity index (χ0n) is 20.3. The first-order chi connectivity index (χ1) is 17.7. The van der Waals surface area contributed by atoms with Gasteiger partial charge in [0, 0.05) is 6.54 Å². The molecule has 3 N–H and O–H groups in total. The maximum atomic E-state index is 11.2. The molecule has 192 valence electrons. The van der Waals surface area contributed by atoms with Gasteiger partial charge in [-0.2, -0.15) is 0 Å². The lowest BCUT2D eigenvalue weighted by molar-refractivity contribution is -0.267. The Kier molecular flexibility index (Phi) is 10.4. The summed E-state index contributed by atoms with van der Waals surface area (Å²) in [7, 11) is 0. The molecule has 0 aliphatic carbocycles. The molecule has 1 aliphatic heterocycles. The van der Waals surface area contributed by atoms with Crippen molar-refractivity contribution in [1.82, 2.24) is 5.32 Å². The molecule has 1 heterocycles. The van der Waals surface area contributed by atoms with Gasteiger partial charge in [-0.15, -0.1) is 0 Å². The number of aliphatic hydroxyl groups is 2. The predicted octanol–water partition coefficient (Wildman–Crippen LogP) is 3.04. The zero-order chi connectivity index (χ0) is 25.0. The monoisotopic (exact) mass is 493 g/mol. The van der Waals surface area contributed by atoms with Gasteiger partial charge < -0.3 is 29.2 Å². The van der Waals surface area contributed by atoms with Crippen LogP contribution in [0.2, 0.25) is 0 Å². The van der Waals surface area contributed by atoms with Gasteiger partial charge in [0.1, 0.15) is 30.6 Å². The Morgan fingerprint density at radius 1 is 0.694 bits per heavy atom. The van der Waals surface area contributed by atoms with Crippen molar-refractivity contribution >= 4 is 0 Å². The summed E-state index contributed by atoms with van der Waals surface area (Å²) < 4.78 is 24.9. The van der Waals surface area contributed by atoms with E-state index in [-0.39, 0.29) is 19.8 Å². The second-order valence-electron chi connectivity index (χ2n) is 8.79. The molecular weight excluding hydrogens is 458 g/mol. The fraction of sp³-hybridized carbons (Fsp3) is 0.379. The maximum absolute atomic E-state index is 11.2. The average molecular weight is 494 g/mol. The Hall–Kier alpha value is -2.62. The summed E-state index contributed by atoms with van der Waals surface area (Å²) in [5.74, 6) is 0. The van der Waals surface area contributed by atoms with Crippen molar-refractivity contribution in [2.75, 3.05) is 19.8 Å². The van der Waals surface area contributed by atoms with E-state index in [4.69, 9.17) is 18.9 Å². The summed E-state index contributed by atoms with van der Waals surface area (Å²) in [6.07, 6.45) is -3.50. The molecule has 7 heteroatoms. The fourth-order valence-electron chi connectivity index (χ4n) is 4.23. The summed E-state index contributed by atoms with van der Waals surface area (Å²) in [4.78, 5) is 0. The molecule has 0 spiro atoms. The van der Waals surface area contributed by atoms with E-state index < -0.39 is 30.6 Å². The normalized spacial score (nSPS) is 24.0. The summed E-state index contributed by atoms with van der Waals surface area (Å²) in [5.41, 5.74) is 3.06. The highest BCUT2D eigenvalue weighted by Crippen LogP contribution is 2.27. The van der Waals surface area contributed by atoms with Crippen LogP contribution in [-0.4, -0.2) is 60.6 Å². The van der Waals surface area contributed by atoms with Crippen LogP contribution in [0.5, 0.6) is 0 Å². The highest BCUT2D eigenvalue weighted by atomic mass is 16.6. The van der Waals surface area contributed by atoms with E-state index in [0.717, 1.165) is 16.7 Å². The van der Waals surface area contributed by atoms with E-state index in [9.17, 15) is 10.2 Å². The molecule has 0 bridgehead atoms. The van der Waals surface area contributed by atoms with Gasteiger partial charge in [-0.3, -0.25) is 5.32 Å². The van der Waals surface area contributed by atoms with Crippen molar-refractivity contribution in [2.24, 2.45) is 0 Å². The largest absolute Gasteiger partial charge is 0.395 e. The molecule has 1 fully saturated rings. The minimum absolute atomic E-state index is 0.0781. The van der Waals surface area contributed by atoms with Crippen LogP contribution in [0, 0.1) is 0 Å². The van der Waals surface area contributed by atoms with Crippen molar-refractivity contribution in [3.05, 3.63) is 108 Å². The van der Waals surface area contributed by atoms with Crippen LogP contribution in [-0.2, 0) is 38.8 Å². The van der Waals surface area contributed by atoms with Crippen LogP contribution >= 0.6 is 0 Å². The van der Waals surface area contributed by atoms with Gasteiger partial charge in [0.2, 0.25) is 0 Å². The lowest BCUT2D eigenvalue weighted by Crippen LogP contribution is -2.64. The third-order valence-corrected chi connectivity index (χ3v) is 6.08. The number of rotatable bonds is 13. The van der Waals surface area contributed by atoms with E-state index in [0.29, 0.717) is 19.8 Å². The van der Waals surface area contributed by atoms with E-state index in [2.05, 4.69) is 5.32 Å². The van der Waals surface area contributed by atoms with Crippen molar-refractivity contribution in [3.8, 4) is 0 Å². The first kappa shape index (κ1) is 26.4. The van der Waals surface area contributed by atoms with Crippen molar-refractivity contribution in [2.45, 2.75) is 50.5 Å². The standard InChI is InChI=1S/C29H35NO6/c31-17-16-30-29-26(32)28(35-20-24-14-8-3-9-15-24)27(34-19-23-12-6-2-7-13-23)25(36-29)21-33-18-22-10-4-1-5-11-22/h1-15,25-32H,16-21H2/t25-,26-,27-,28-,29-/m1/s1. The summed E-state index contributed by atoms with van der Waals surface area (Å²) in [6, 6.07) is 29.6. The van der Waals surface area contributed by atoms with Gasteiger partial charge in [-0.25, -0.2) is 0 Å². The topological polar surface area (TPSA) is 89.4 Å². The number of hydrogen-bond donors (Lipinski definition) is 3. The molecule has 0 saturated carbocycles. The number of nitrogens with one attached hydrogen (secondary N) is 1. The van der Waals surface area contributed by atoms with Crippen LogP contribution in [0.25, 0.3) is 0 Å². The number of benzene rings is 3. The number of ether oxygens (including phenoxy) is 4. The summed E-state index contributed by atoms with van der Waals surface area (Å²) in [6.45, 7) is 1.54. The minimum Gasteiger partial charge on any atom is -0.395 e. The molecule has 0 aromatic heterocycles. The minimum atomic E-state index is -1.01. The number of aliphatic hydroxyl groups excluding tert-OH is 2. The van der Waals surface area contributed by atoms with E-state index in [1.165, 1.54) is 0 Å². The zero-order valence-corrected chi connectivity index (χ0v) is 20.3. The van der Waals surface area contributed by atoms with Crippen LogP contribution in [0.3, 0.4) is 0 Å². The highest BCUT2D eigenvalue weighted by molar-refractivity contribution is 5.15. The van der Waals surface area contributed by atoms with Crippen molar-refractivity contribution in [1.29, 1.82) is 0 Å². The Labute approximate surface area is 212 Å². The SMILES string of the molecule is OCCN[C@@H]1O[C@H](COCc2ccccc2)[C@@H](OCc2ccccc2)[C@H](OCc2ccccc2)[C@H]1O. The molecular formula is C29H35NO6. The molecule has 0 amide bonds. The quantitative estimate of drug-likeness (QED) is 0.337. The molecule has 1 saturated heterocycles. The third kappa shape index (κ3) is 7.69. The lowest BCUT2D eigenvalue weighted by atomic mass is 9.97. The Morgan fingerprint density at radius 2 is 1.19 bits per heavy atom. The maximum Gasteiger partial charge on any atom is 0.137 e. The fourth-order valence-corrected chi connectivity index (χ4v) is 4.23. The lowest BCUT2D eigenvalue weighted by Gasteiger charge is -2.44. The predicted molar refractivity (Wildman–Crippen MR) is 136 cm³/mol. The second kappa shape index (κ2) is 14.2. The smallest absolute Gasteiger partial charge is 0.137 e. The summed E-state index contributed by atoms with van der Waals surface area (Å²) >= 11 is 0. The Balaban J connectivity index is 1.51. The first-order valence-electron chi connectivity index (χ1n) is 12.3. The molecule has 0 radical (unpaired) electrons. The van der Waals surface area contributed by atoms with Gasteiger partial charge in [0.25, 0.3) is 0 Å². The van der Waals surface area contributed by atoms with Crippen LogP contribution in [0.1, 0.15) is 16.7 Å². The average Bonchev–Trinajstić information content (AvgIpc) is 2.93. The molecule has 1 aliphatic rings.